The third kappa shape index (κ3) is 4.09. The summed E-state index contributed by atoms with van der Waals surface area (Å²) in [7, 11) is 0. The number of esters is 1. The van der Waals surface area contributed by atoms with Gasteiger partial charge in [0.05, 0.1) is 22.2 Å². The Balaban J connectivity index is 2.17. The van der Waals surface area contributed by atoms with E-state index >= 15 is 0 Å². The molecule has 0 aliphatic rings. The first-order chi connectivity index (χ1) is 10.0. The van der Waals surface area contributed by atoms with E-state index in [1.165, 1.54) is 6.20 Å². The van der Waals surface area contributed by atoms with E-state index in [2.05, 4.69) is 20.9 Å². The Morgan fingerprint density at radius 2 is 2.05 bits per heavy atom. The lowest BCUT2D eigenvalue weighted by Gasteiger charge is -2.08. The Hall–Kier alpha value is -1.30. The number of carbonyl (C=O) groups excluding carboxylic acids is 1. The Morgan fingerprint density at radius 1 is 1.29 bits per heavy atom. The van der Waals surface area contributed by atoms with Crippen molar-refractivity contribution in [1.82, 2.24) is 4.98 Å². The van der Waals surface area contributed by atoms with Gasteiger partial charge in [-0.2, -0.15) is 0 Å². The van der Waals surface area contributed by atoms with Crippen molar-refractivity contribution in [2.75, 3.05) is 6.61 Å². The minimum absolute atomic E-state index is 0.295. The zero-order chi connectivity index (χ0) is 15.4. The number of aromatic nitrogens is 1. The van der Waals surface area contributed by atoms with Crippen molar-refractivity contribution in [3.63, 3.8) is 0 Å². The van der Waals surface area contributed by atoms with E-state index in [1.807, 2.05) is 0 Å². The van der Waals surface area contributed by atoms with Crippen LogP contribution in [0.3, 0.4) is 0 Å². The summed E-state index contributed by atoms with van der Waals surface area (Å²) in [5, 5.41) is 0.861. The molecule has 1 heterocycles. The normalized spacial score (nSPS) is 10.3. The largest absolute Gasteiger partial charge is 0.462 e. The molecule has 0 N–H and O–H groups in total. The van der Waals surface area contributed by atoms with Crippen LogP contribution in [0.25, 0.3) is 0 Å². The average molecular weight is 391 g/mol. The first-order valence-corrected chi connectivity index (χ1v) is 7.51. The van der Waals surface area contributed by atoms with Crippen LogP contribution in [-0.4, -0.2) is 17.6 Å². The summed E-state index contributed by atoms with van der Waals surface area (Å²) in [6, 6.07) is 6.33. The Kier molecular flexibility index (Phi) is 5.45. The number of nitrogens with zero attached hydrogens (tertiary/aromatic N) is 1. The second kappa shape index (κ2) is 7.11. The molecule has 0 spiro atoms. The predicted molar refractivity (Wildman–Crippen MR) is 84.4 cm³/mol. The number of pyridine rings is 1. The molecule has 1 aromatic carbocycles. The van der Waals surface area contributed by atoms with Gasteiger partial charge in [0.2, 0.25) is 5.88 Å². The van der Waals surface area contributed by atoms with Gasteiger partial charge in [-0.1, -0.05) is 23.2 Å². The van der Waals surface area contributed by atoms with E-state index in [9.17, 15) is 4.79 Å². The monoisotopic (exact) mass is 389 g/mol. The minimum atomic E-state index is -0.429. The van der Waals surface area contributed by atoms with E-state index in [-0.39, 0.29) is 0 Å². The summed E-state index contributed by atoms with van der Waals surface area (Å²) < 4.78 is 11.1. The SMILES string of the molecule is CCOC(=O)c1ccc(Oc2cc(Cl)c(Br)cc2Cl)nc1. The maximum absolute atomic E-state index is 11.5. The predicted octanol–water partition coefficient (Wildman–Crippen LogP) is 5.12. The van der Waals surface area contributed by atoms with E-state index in [1.54, 1.807) is 31.2 Å². The lowest BCUT2D eigenvalue weighted by atomic mass is 10.3. The number of halogens is 3. The number of rotatable bonds is 4. The molecule has 0 atom stereocenters. The Morgan fingerprint density at radius 3 is 2.67 bits per heavy atom. The van der Waals surface area contributed by atoms with E-state index in [4.69, 9.17) is 32.7 Å². The molecule has 0 unspecified atom stereocenters. The summed E-state index contributed by atoms with van der Waals surface area (Å²) in [5.74, 6) is 0.242. The highest BCUT2D eigenvalue weighted by atomic mass is 79.9. The molecular formula is C14H10BrCl2NO3. The smallest absolute Gasteiger partial charge is 0.339 e. The third-order valence-electron chi connectivity index (χ3n) is 2.44. The highest BCUT2D eigenvalue weighted by molar-refractivity contribution is 9.10. The molecule has 7 heteroatoms. The zero-order valence-electron chi connectivity index (χ0n) is 10.9. The van der Waals surface area contributed by atoms with Gasteiger partial charge in [0.25, 0.3) is 0 Å². The topological polar surface area (TPSA) is 48.4 Å². The molecule has 4 nitrogen and oxygen atoms in total. The number of hydrogen-bond donors (Lipinski definition) is 0. The van der Waals surface area contributed by atoms with Crippen LogP contribution in [0.15, 0.2) is 34.9 Å². The molecule has 0 amide bonds. The minimum Gasteiger partial charge on any atom is -0.462 e. The van der Waals surface area contributed by atoms with Crippen LogP contribution in [0, 0.1) is 0 Å². The molecule has 0 aliphatic heterocycles. The van der Waals surface area contributed by atoms with Gasteiger partial charge in [-0.15, -0.1) is 0 Å². The summed E-state index contributed by atoms with van der Waals surface area (Å²) in [6.07, 6.45) is 1.38. The van der Waals surface area contributed by atoms with Crippen molar-refractivity contribution in [2.45, 2.75) is 6.92 Å². The standard InChI is InChI=1S/C14H10BrCl2NO3/c1-2-20-14(19)8-3-4-13(18-7-8)21-12-6-10(16)9(15)5-11(12)17/h3-7H,2H2,1H3. The van der Waals surface area contributed by atoms with Gasteiger partial charge in [-0.3, -0.25) is 0 Å². The molecule has 21 heavy (non-hydrogen) atoms. The van der Waals surface area contributed by atoms with Crippen molar-refractivity contribution < 1.29 is 14.3 Å². The zero-order valence-corrected chi connectivity index (χ0v) is 14.0. The van der Waals surface area contributed by atoms with Gasteiger partial charge in [-0.05, 0) is 35.0 Å². The highest BCUT2D eigenvalue weighted by Crippen LogP contribution is 2.36. The van der Waals surface area contributed by atoms with Crippen molar-refractivity contribution in [1.29, 1.82) is 0 Å². The average Bonchev–Trinajstić information content (AvgIpc) is 2.46. The van der Waals surface area contributed by atoms with Gasteiger partial charge < -0.3 is 9.47 Å². The van der Waals surface area contributed by atoms with Gasteiger partial charge in [0.15, 0.2) is 0 Å². The summed E-state index contributed by atoms with van der Waals surface area (Å²) >= 11 is 15.3. The number of ether oxygens (including phenoxy) is 2. The molecule has 0 fully saturated rings. The van der Waals surface area contributed by atoms with Crippen LogP contribution < -0.4 is 4.74 Å². The molecule has 1 aromatic heterocycles. The number of carbonyl (C=O) groups is 1. The molecule has 0 saturated heterocycles. The Bertz CT molecular complexity index is 662. The number of benzene rings is 1. The second-order valence-electron chi connectivity index (χ2n) is 3.90. The fourth-order valence-corrected chi connectivity index (χ4v) is 2.30. The van der Waals surface area contributed by atoms with Crippen molar-refractivity contribution in [2.24, 2.45) is 0 Å². The molecule has 0 bridgehead atoms. The van der Waals surface area contributed by atoms with Gasteiger partial charge in [0, 0.05) is 22.8 Å². The molecule has 0 aliphatic carbocycles. The van der Waals surface area contributed by atoms with E-state index in [0.717, 1.165) is 0 Å². The summed E-state index contributed by atoms with van der Waals surface area (Å²) in [4.78, 5) is 15.5. The summed E-state index contributed by atoms with van der Waals surface area (Å²) in [6.45, 7) is 2.05. The first-order valence-electron chi connectivity index (χ1n) is 5.97. The van der Waals surface area contributed by atoms with Gasteiger partial charge in [0.1, 0.15) is 5.75 Å². The number of hydrogen-bond acceptors (Lipinski definition) is 4. The highest BCUT2D eigenvalue weighted by Gasteiger charge is 2.10. The fraction of sp³-hybridized carbons (Fsp3) is 0.143. The molecule has 0 radical (unpaired) electrons. The van der Waals surface area contributed by atoms with Crippen LogP contribution in [-0.2, 0) is 4.74 Å². The van der Waals surface area contributed by atoms with Crippen molar-refractivity contribution in [3.05, 3.63) is 50.5 Å². The maximum atomic E-state index is 11.5. The molecular weight excluding hydrogens is 381 g/mol. The van der Waals surface area contributed by atoms with Crippen molar-refractivity contribution >= 4 is 45.1 Å². The van der Waals surface area contributed by atoms with E-state index < -0.39 is 5.97 Å². The van der Waals surface area contributed by atoms with Crippen LogP contribution in [0.1, 0.15) is 17.3 Å². The second-order valence-corrected chi connectivity index (χ2v) is 5.57. The lowest BCUT2D eigenvalue weighted by Crippen LogP contribution is -2.04. The molecule has 2 rings (SSSR count). The quantitative estimate of drug-likeness (QED) is 0.536. The molecule has 0 saturated carbocycles. The Labute approximate surface area is 140 Å². The molecule has 2 aromatic rings. The summed E-state index contributed by atoms with van der Waals surface area (Å²) in [5.41, 5.74) is 0.351. The first kappa shape index (κ1) is 16.1. The van der Waals surface area contributed by atoms with E-state index in [0.29, 0.717) is 38.3 Å². The van der Waals surface area contributed by atoms with Crippen molar-refractivity contribution in [3.8, 4) is 11.6 Å². The van der Waals surface area contributed by atoms with Crippen LogP contribution >= 0.6 is 39.1 Å². The molecule has 110 valence electrons. The lowest BCUT2D eigenvalue weighted by molar-refractivity contribution is 0.0526. The van der Waals surface area contributed by atoms with Gasteiger partial charge in [-0.25, -0.2) is 9.78 Å². The fourth-order valence-electron chi connectivity index (χ4n) is 1.47. The van der Waals surface area contributed by atoms with Gasteiger partial charge >= 0.3 is 5.97 Å². The third-order valence-corrected chi connectivity index (χ3v) is 3.93. The van der Waals surface area contributed by atoms with Crippen LogP contribution in [0.5, 0.6) is 11.6 Å². The van der Waals surface area contributed by atoms with Crippen LogP contribution in [0.4, 0.5) is 0 Å². The maximum Gasteiger partial charge on any atom is 0.339 e. The van der Waals surface area contributed by atoms with Crippen LogP contribution in [0.2, 0.25) is 10.0 Å².